The van der Waals surface area contributed by atoms with Gasteiger partial charge in [0.05, 0.1) is 0 Å². The Labute approximate surface area is 110 Å². The number of hydrogen-bond donors (Lipinski definition) is 0. The Morgan fingerprint density at radius 2 is 1.72 bits per heavy atom. The van der Waals surface area contributed by atoms with Crippen molar-refractivity contribution in [3.63, 3.8) is 0 Å². The highest BCUT2D eigenvalue weighted by atomic mass is 16.7. The van der Waals surface area contributed by atoms with E-state index in [4.69, 9.17) is 9.47 Å². The van der Waals surface area contributed by atoms with Crippen molar-refractivity contribution in [2.24, 2.45) is 29.6 Å². The summed E-state index contributed by atoms with van der Waals surface area (Å²) in [6, 6.07) is 0. The van der Waals surface area contributed by atoms with Gasteiger partial charge in [-0.05, 0) is 55.8 Å². The predicted molar refractivity (Wildman–Crippen MR) is 69.7 cm³/mol. The molecule has 100 valence electrons. The Morgan fingerprint density at radius 3 is 2.17 bits per heavy atom. The van der Waals surface area contributed by atoms with E-state index in [1.807, 2.05) is 0 Å². The summed E-state index contributed by atoms with van der Waals surface area (Å²) in [6.45, 7) is 6.78. The van der Waals surface area contributed by atoms with Crippen LogP contribution in [0.5, 0.6) is 0 Å². The van der Waals surface area contributed by atoms with Crippen molar-refractivity contribution in [1.29, 1.82) is 0 Å². The molecular weight excluding hydrogens is 224 g/mol. The molecule has 2 nitrogen and oxygen atoms in total. The average molecular weight is 248 g/mol. The van der Waals surface area contributed by atoms with Crippen LogP contribution >= 0.6 is 0 Å². The summed E-state index contributed by atoms with van der Waals surface area (Å²) in [6.07, 6.45) is 8.20. The van der Waals surface area contributed by atoms with E-state index in [0.717, 1.165) is 35.9 Å². The highest BCUT2D eigenvalue weighted by Crippen LogP contribution is 2.61. The molecule has 18 heavy (non-hydrogen) atoms. The zero-order valence-electron chi connectivity index (χ0n) is 11.4. The third-order valence-corrected chi connectivity index (χ3v) is 6.02. The van der Waals surface area contributed by atoms with E-state index in [0.29, 0.717) is 12.5 Å². The van der Waals surface area contributed by atoms with Crippen LogP contribution in [0.25, 0.3) is 0 Å². The van der Waals surface area contributed by atoms with Crippen molar-refractivity contribution in [3.8, 4) is 0 Å². The second-order valence-electron chi connectivity index (χ2n) is 7.05. The van der Waals surface area contributed by atoms with Crippen LogP contribution in [0.15, 0.2) is 12.3 Å². The molecule has 1 saturated heterocycles. The lowest BCUT2D eigenvalue weighted by Gasteiger charge is -2.57. The first-order valence-corrected chi connectivity index (χ1v) is 7.71. The maximum absolute atomic E-state index is 6.11. The van der Waals surface area contributed by atoms with E-state index in [9.17, 15) is 0 Å². The first-order chi connectivity index (χ1) is 8.70. The van der Waals surface area contributed by atoms with Crippen LogP contribution in [0.4, 0.5) is 0 Å². The quantitative estimate of drug-likeness (QED) is 0.741. The van der Waals surface area contributed by atoms with Crippen LogP contribution in [0.3, 0.4) is 0 Å². The topological polar surface area (TPSA) is 18.5 Å². The smallest absolute Gasteiger partial charge is 0.213 e. The fourth-order valence-electron chi connectivity index (χ4n) is 5.72. The molecule has 4 saturated carbocycles. The number of hydrogen-bond acceptors (Lipinski definition) is 2. The summed E-state index contributed by atoms with van der Waals surface area (Å²) in [5.41, 5.74) is 0. The van der Waals surface area contributed by atoms with E-state index in [2.05, 4.69) is 13.5 Å². The highest BCUT2D eigenvalue weighted by Gasteiger charge is 2.58. The van der Waals surface area contributed by atoms with Crippen molar-refractivity contribution in [2.75, 3.05) is 6.61 Å². The Hall–Kier alpha value is -0.500. The molecule has 0 amide bonds. The van der Waals surface area contributed by atoms with Gasteiger partial charge in [-0.25, -0.2) is 0 Å². The lowest BCUT2D eigenvalue weighted by atomic mass is 9.50. The van der Waals surface area contributed by atoms with Gasteiger partial charge in [-0.3, -0.25) is 0 Å². The molecule has 1 atom stereocenters. The van der Waals surface area contributed by atoms with Gasteiger partial charge in [0.25, 0.3) is 0 Å². The van der Waals surface area contributed by atoms with Gasteiger partial charge in [0.2, 0.25) is 5.79 Å². The minimum Gasteiger partial charge on any atom is -0.465 e. The molecule has 4 aliphatic carbocycles. The van der Waals surface area contributed by atoms with Gasteiger partial charge in [-0.15, -0.1) is 0 Å². The van der Waals surface area contributed by atoms with Crippen molar-refractivity contribution in [3.05, 3.63) is 12.3 Å². The first-order valence-electron chi connectivity index (χ1n) is 7.71. The van der Waals surface area contributed by atoms with Crippen molar-refractivity contribution >= 4 is 0 Å². The van der Waals surface area contributed by atoms with Crippen LogP contribution in [-0.4, -0.2) is 12.4 Å². The van der Waals surface area contributed by atoms with Gasteiger partial charge in [0.1, 0.15) is 12.4 Å². The zero-order valence-corrected chi connectivity index (χ0v) is 11.4. The average Bonchev–Trinajstić information content (AvgIpc) is 2.71. The molecule has 2 heteroatoms. The van der Waals surface area contributed by atoms with E-state index >= 15 is 0 Å². The zero-order chi connectivity index (χ0) is 12.3. The lowest BCUT2D eigenvalue weighted by Crippen LogP contribution is -2.55. The second kappa shape index (κ2) is 3.75. The fraction of sp³-hybridized carbons (Fsp3) is 0.875. The molecule has 0 aromatic rings. The minimum atomic E-state index is -0.320. The molecule has 1 aliphatic heterocycles. The molecule has 5 aliphatic rings. The van der Waals surface area contributed by atoms with E-state index in [1.165, 1.54) is 32.1 Å². The molecule has 4 bridgehead atoms. The van der Waals surface area contributed by atoms with Crippen LogP contribution in [0.2, 0.25) is 0 Å². The van der Waals surface area contributed by atoms with Crippen molar-refractivity contribution in [2.45, 2.75) is 51.2 Å². The van der Waals surface area contributed by atoms with Crippen molar-refractivity contribution < 1.29 is 9.47 Å². The summed E-state index contributed by atoms with van der Waals surface area (Å²) >= 11 is 0. The summed E-state index contributed by atoms with van der Waals surface area (Å²) in [5.74, 6) is 4.89. The molecule has 0 spiro atoms. The first kappa shape index (κ1) is 11.3. The maximum Gasteiger partial charge on any atom is 0.213 e. The van der Waals surface area contributed by atoms with Crippen LogP contribution in [0.1, 0.15) is 45.4 Å². The van der Waals surface area contributed by atoms with Gasteiger partial charge < -0.3 is 9.47 Å². The molecule has 1 heterocycles. The highest BCUT2D eigenvalue weighted by molar-refractivity contribution is 5.06. The molecule has 5 fully saturated rings. The number of rotatable bonds is 2. The van der Waals surface area contributed by atoms with Gasteiger partial charge in [0.15, 0.2) is 0 Å². The van der Waals surface area contributed by atoms with Gasteiger partial charge in [0, 0.05) is 12.3 Å². The molecule has 1 unspecified atom stereocenters. The van der Waals surface area contributed by atoms with Crippen LogP contribution < -0.4 is 0 Å². The molecule has 0 aromatic carbocycles. The fourth-order valence-corrected chi connectivity index (χ4v) is 5.72. The van der Waals surface area contributed by atoms with Crippen LogP contribution in [0, 0.1) is 29.6 Å². The molecule has 0 N–H and O–H groups in total. The molecule has 0 radical (unpaired) electrons. The third kappa shape index (κ3) is 1.44. The monoisotopic (exact) mass is 248 g/mol. The van der Waals surface area contributed by atoms with E-state index < -0.39 is 0 Å². The van der Waals surface area contributed by atoms with E-state index in [1.54, 1.807) is 0 Å². The number of ether oxygens (including phenoxy) is 2. The third-order valence-electron chi connectivity index (χ3n) is 6.02. The standard InChI is InChI=1S/C16H24O2/c1-3-16(17-9-10(2)18-16)15-13-5-11-4-12(7-13)8-14(15)6-11/h11-15H,2-9H2,1H3. The minimum absolute atomic E-state index is 0.320. The Bertz CT molecular complexity index is 347. The lowest BCUT2D eigenvalue weighted by molar-refractivity contribution is -0.245. The Balaban J connectivity index is 1.66. The van der Waals surface area contributed by atoms with Crippen molar-refractivity contribution in [1.82, 2.24) is 0 Å². The summed E-state index contributed by atoms with van der Waals surface area (Å²) < 4.78 is 12.2. The van der Waals surface area contributed by atoms with Gasteiger partial charge in [-0.1, -0.05) is 13.5 Å². The van der Waals surface area contributed by atoms with Gasteiger partial charge in [-0.2, -0.15) is 0 Å². The van der Waals surface area contributed by atoms with Crippen LogP contribution in [-0.2, 0) is 9.47 Å². The molecular formula is C16H24O2. The van der Waals surface area contributed by atoms with E-state index in [-0.39, 0.29) is 5.79 Å². The molecule has 0 aromatic heterocycles. The maximum atomic E-state index is 6.11. The van der Waals surface area contributed by atoms with Gasteiger partial charge >= 0.3 is 0 Å². The normalized spacial score (nSPS) is 53.8. The Morgan fingerprint density at radius 1 is 1.11 bits per heavy atom. The second-order valence-corrected chi connectivity index (χ2v) is 7.05. The Kier molecular flexibility index (Phi) is 2.36. The predicted octanol–water partition coefficient (Wildman–Crippen LogP) is 3.73. The summed E-state index contributed by atoms with van der Waals surface area (Å²) in [7, 11) is 0. The summed E-state index contributed by atoms with van der Waals surface area (Å²) in [5, 5.41) is 0. The largest absolute Gasteiger partial charge is 0.465 e. The summed E-state index contributed by atoms with van der Waals surface area (Å²) in [4.78, 5) is 0. The molecule has 5 rings (SSSR count). The SMILES string of the molecule is C=C1COC(CC)(C2C3CC4CC(C3)CC2C4)O1.